The zero-order valence-corrected chi connectivity index (χ0v) is 20.4. The van der Waals surface area contributed by atoms with Crippen molar-refractivity contribution in [3.8, 4) is 11.4 Å². The van der Waals surface area contributed by atoms with Crippen molar-refractivity contribution in [3.63, 3.8) is 0 Å². The topological polar surface area (TPSA) is 90.1 Å². The Balaban J connectivity index is 1.28. The normalized spacial score (nSPS) is 18.1. The lowest BCUT2D eigenvalue weighted by atomic mass is 10.0. The highest BCUT2D eigenvalue weighted by Gasteiger charge is 2.28. The van der Waals surface area contributed by atoms with Crippen molar-refractivity contribution < 1.29 is 14.3 Å². The fourth-order valence-electron chi connectivity index (χ4n) is 5.32. The van der Waals surface area contributed by atoms with E-state index in [1.165, 1.54) is 6.07 Å². The number of hydrogen-bond donors (Lipinski definition) is 1. The smallest absolute Gasteiger partial charge is 0.248 e. The van der Waals surface area contributed by atoms with Crippen LogP contribution in [0.25, 0.3) is 17.0 Å². The van der Waals surface area contributed by atoms with Crippen LogP contribution in [0.1, 0.15) is 24.4 Å². The van der Waals surface area contributed by atoms with Crippen molar-refractivity contribution in [1.82, 2.24) is 24.5 Å². The van der Waals surface area contributed by atoms with E-state index < -0.39 is 6.61 Å². The van der Waals surface area contributed by atoms with Gasteiger partial charge in [0, 0.05) is 32.7 Å². The summed E-state index contributed by atoms with van der Waals surface area (Å²) in [6.07, 6.45) is 3.74. The Morgan fingerprint density at radius 3 is 2.65 bits per heavy atom. The molecule has 0 aliphatic carbocycles. The molecule has 37 heavy (non-hydrogen) atoms. The SMILES string of the molecule is O=C(CO)N1CCN(c2cccc(-c3cnc4ccc(N5CCC[C@@H]5c5cccc(F)c5)nn34)n2)CC1. The van der Waals surface area contributed by atoms with Crippen molar-refractivity contribution >= 4 is 23.2 Å². The number of pyridine rings is 1. The number of halogens is 1. The highest BCUT2D eigenvalue weighted by Crippen LogP contribution is 2.35. The largest absolute Gasteiger partial charge is 0.387 e. The molecular formula is C27H28FN7O2. The van der Waals surface area contributed by atoms with E-state index in [2.05, 4.69) is 14.8 Å². The van der Waals surface area contributed by atoms with Gasteiger partial charge in [0.05, 0.1) is 17.9 Å². The zero-order chi connectivity index (χ0) is 25.4. The Kier molecular flexibility index (Phi) is 6.17. The van der Waals surface area contributed by atoms with Crippen LogP contribution in [0.15, 0.2) is 60.8 Å². The van der Waals surface area contributed by atoms with Gasteiger partial charge in [0.15, 0.2) is 5.65 Å². The lowest BCUT2D eigenvalue weighted by molar-refractivity contribution is -0.134. The highest BCUT2D eigenvalue weighted by atomic mass is 19.1. The number of rotatable bonds is 5. The van der Waals surface area contributed by atoms with Crippen molar-refractivity contribution in [1.29, 1.82) is 0 Å². The zero-order valence-electron chi connectivity index (χ0n) is 20.4. The molecule has 3 aromatic heterocycles. The molecule has 2 fully saturated rings. The number of aliphatic hydroxyl groups is 1. The number of carbonyl (C=O) groups excluding carboxylic acids is 1. The molecule has 2 aliphatic rings. The number of imidazole rings is 1. The maximum absolute atomic E-state index is 13.9. The van der Waals surface area contributed by atoms with E-state index in [1.807, 2.05) is 40.9 Å². The van der Waals surface area contributed by atoms with Gasteiger partial charge in [0.1, 0.15) is 29.8 Å². The van der Waals surface area contributed by atoms with Gasteiger partial charge >= 0.3 is 0 Å². The van der Waals surface area contributed by atoms with E-state index in [-0.39, 0.29) is 17.8 Å². The fraction of sp³-hybridized carbons (Fsp3) is 0.333. The molecule has 190 valence electrons. The second kappa shape index (κ2) is 9.78. The number of carbonyl (C=O) groups is 1. The number of anilines is 2. The minimum atomic E-state index is -0.461. The lowest BCUT2D eigenvalue weighted by Crippen LogP contribution is -2.49. The third kappa shape index (κ3) is 4.48. The molecular weight excluding hydrogens is 473 g/mol. The van der Waals surface area contributed by atoms with E-state index in [9.17, 15) is 9.18 Å². The molecule has 1 N–H and O–H groups in total. The number of aromatic nitrogens is 4. The molecule has 0 saturated carbocycles. The minimum Gasteiger partial charge on any atom is -0.387 e. The number of piperazine rings is 1. The molecule has 10 heteroatoms. The molecule has 1 amide bonds. The summed E-state index contributed by atoms with van der Waals surface area (Å²) >= 11 is 0. The average Bonchev–Trinajstić information content (AvgIpc) is 3.60. The molecule has 0 unspecified atom stereocenters. The van der Waals surface area contributed by atoms with Crippen molar-refractivity contribution in [3.05, 3.63) is 72.2 Å². The Hall–Kier alpha value is -4.05. The van der Waals surface area contributed by atoms with E-state index in [4.69, 9.17) is 15.2 Å². The van der Waals surface area contributed by atoms with Gasteiger partial charge in [0.25, 0.3) is 0 Å². The Morgan fingerprint density at radius 1 is 1.00 bits per heavy atom. The van der Waals surface area contributed by atoms with E-state index in [0.29, 0.717) is 26.2 Å². The van der Waals surface area contributed by atoms with Crippen LogP contribution in [0.5, 0.6) is 0 Å². The van der Waals surface area contributed by atoms with Gasteiger partial charge in [-0.25, -0.2) is 18.9 Å². The maximum atomic E-state index is 13.9. The molecule has 0 radical (unpaired) electrons. The molecule has 0 spiro atoms. The van der Waals surface area contributed by atoms with E-state index >= 15 is 0 Å². The Labute approximate surface area is 213 Å². The van der Waals surface area contributed by atoms with Gasteiger partial charge in [-0.1, -0.05) is 18.2 Å². The third-order valence-electron chi connectivity index (χ3n) is 7.22. The van der Waals surface area contributed by atoms with Crippen LogP contribution < -0.4 is 9.80 Å². The van der Waals surface area contributed by atoms with Crippen LogP contribution in [0.2, 0.25) is 0 Å². The monoisotopic (exact) mass is 501 g/mol. The average molecular weight is 502 g/mol. The summed E-state index contributed by atoms with van der Waals surface area (Å²) in [5, 5.41) is 14.1. The van der Waals surface area contributed by atoms with Crippen LogP contribution in [0, 0.1) is 5.82 Å². The summed E-state index contributed by atoms with van der Waals surface area (Å²) in [5.74, 6) is 1.17. The van der Waals surface area contributed by atoms with Gasteiger partial charge in [-0.2, -0.15) is 0 Å². The molecule has 2 saturated heterocycles. The fourth-order valence-corrected chi connectivity index (χ4v) is 5.32. The summed E-state index contributed by atoms with van der Waals surface area (Å²) in [6.45, 7) is 2.78. The molecule has 4 aromatic rings. The van der Waals surface area contributed by atoms with Crippen molar-refractivity contribution in [2.45, 2.75) is 18.9 Å². The number of fused-ring (bicyclic) bond motifs is 1. The summed E-state index contributed by atoms with van der Waals surface area (Å²) in [5.41, 5.74) is 3.23. The van der Waals surface area contributed by atoms with Crippen LogP contribution in [0.3, 0.4) is 0 Å². The van der Waals surface area contributed by atoms with Crippen molar-refractivity contribution in [2.24, 2.45) is 0 Å². The molecule has 6 rings (SSSR count). The first-order chi connectivity index (χ1) is 18.1. The summed E-state index contributed by atoms with van der Waals surface area (Å²) in [4.78, 5) is 27.3. The van der Waals surface area contributed by atoms with Crippen LogP contribution >= 0.6 is 0 Å². The standard InChI is InChI=1S/C27H28FN7O2/c28-20-5-1-4-19(16-20)22-7-3-11-34(22)26-10-9-24-29-17-23(35(24)31-26)21-6-2-8-25(30-21)32-12-14-33(15-13-32)27(37)18-36/h1-2,4-6,8-10,16-17,22,36H,3,7,11-15,18H2/t22-/m1/s1. The van der Waals surface area contributed by atoms with Crippen LogP contribution in [-0.2, 0) is 4.79 Å². The lowest BCUT2D eigenvalue weighted by Gasteiger charge is -2.35. The van der Waals surface area contributed by atoms with Crippen LogP contribution in [0.4, 0.5) is 16.0 Å². The van der Waals surface area contributed by atoms with Gasteiger partial charge in [-0.05, 0) is 54.8 Å². The number of amides is 1. The second-order valence-corrected chi connectivity index (χ2v) is 9.42. The predicted octanol–water partition coefficient (Wildman–Crippen LogP) is 2.91. The first kappa shape index (κ1) is 23.4. The molecule has 0 bridgehead atoms. The molecule has 1 atom stereocenters. The summed E-state index contributed by atoms with van der Waals surface area (Å²) < 4.78 is 15.7. The Bertz CT molecular complexity index is 1430. The van der Waals surface area contributed by atoms with Gasteiger partial charge in [-0.15, -0.1) is 5.10 Å². The molecule has 1 aromatic carbocycles. The maximum Gasteiger partial charge on any atom is 0.248 e. The highest BCUT2D eigenvalue weighted by molar-refractivity contribution is 5.77. The number of nitrogens with zero attached hydrogens (tertiary/aromatic N) is 7. The number of hydrogen-bond acceptors (Lipinski definition) is 7. The number of benzene rings is 1. The Morgan fingerprint density at radius 2 is 1.84 bits per heavy atom. The first-order valence-corrected chi connectivity index (χ1v) is 12.6. The summed E-state index contributed by atoms with van der Waals surface area (Å²) in [6, 6.07) is 16.7. The summed E-state index contributed by atoms with van der Waals surface area (Å²) in [7, 11) is 0. The quantitative estimate of drug-likeness (QED) is 0.450. The first-order valence-electron chi connectivity index (χ1n) is 12.6. The third-order valence-corrected chi connectivity index (χ3v) is 7.22. The van der Waals surface area contributed by atoms with E-state index in [0.717, 1.165) is 53.6 Å². The minimum absolute atomic E-state index is 0.0745. The number of aliphatic hydroxyl groups excluding tert-OH is 1. The second-order valence-electron chi connectivity index (χ2n) is 9.42. The van der Waals surface area contributed by atoms with Crippen molar-refractivity contribution in [2.75, 3.05) is 49.1 Å². The molecule has 9 nitrogen and oxygen atoms in total. The van der Waals surface area contributed by atoms with Gasteiger partial charge < -0.3 is 19.8 Å². The predicted molar refractivity (Wildman–Crippen MR) is 138 cm³/mol. The molecule has 2 aliphatic heterocycles. The molecule has 5 heterocycles. The van der Waals surface area contributed by atoms with Gasteiger partial charge in [0.2, 0.25) is 5.91 Å². The van der Waals surface area contributed by atoms with E-state index in [1.54, 1.807) is 23.2 Å². The van der Waals surface area contributed by atoms with Crippen LogP contribution in [-0.4, -0.2) is 74.8 Å². The van der Waals surface area contributed by atoms with Gasteiger partial charge in [-0.3, -0.25) is 4.79 Å².